The summed E-state index contributed by atoms with van der Waals surface area (Å²) in [5.41, 5.74) is 0. The van der Waals surface area contributed by atoms with Gasteiger partial charge in [-0.1, -0.05) is 19.3 Å². The summed E-state index contributed by atoms with van der Waals surface area (Å²) in [6, 6.07) is 0. The summed E-state index contributed by atoms with van der Waals surface area (Å²) in [7, 11) is 0. The maximum atomic E-state index is 10.1. The second kappa shape index (κ2) is 4.40. The van der Waals surface area contributed by atoms with Gasteiger partial charge in [0.1, 0.15) is 6.10 Å². The molecule has 0 radical (unpaired) electrons. The average Bonchev–Trinajstić information content (AvgIpc) is 2.05. The van der Waals surface area contributed by atoms with Gasteiger partial charge >= 0.3 is 0 Å². The molecule has 0 spiro atoms. The van der Waals surface area contributed by atoms with Crippen LogP contribution in [0.15, 0.2) is 0 Å². The summed E-state index contributed by atoms with van der Waals surface area (Å²) >= 11 is 0. The van der Waals surface area contributed by atoms with Gasteiger partial charge in [-0.05, 0) is 18.8 Å². The molecule has 0 aromatic heterocycles. The summed E-state index contributed by atoms with van der Waals surface area (Å²) in [5, 5.41) is 19.5. The van der Waals surface area contributed by atoms with E-state index in [0.29, 0.717) is 0 Å². The Morgan fingerprint density at radius 1 is 1.42 bits per heavy atom. The summed E-state index contributed by atoms with van der Waals surface area (Å²) in [5.74, 6) is 0.171. The van der Waals surface area contributed by atoms with Gasteiger partial charge < -0.3 is 5.11 Å². The lowest BCUT2D eigenvalue weighted by molar-refractivity contribution is -0.492. The normalized spacial score (nSPS) is 22.1. The highest BCUT2D eigenvalue weighted by molar-refractivity contribution is 4.72. The van der Waals surface area contributed by atoms with E-state index in [2.05, 4.69) is 0 Å². The highest BCUT2D eigenvalue weighted by Gasteiger charge is 2.24. The predicted molar refractivity (Wildman–Crippen MR) is 44.4 cm³/mol. The predicted octanol–water partition coefficient (Wildman–Crippen LogP) is 1.20. The monoisotopic (exact) mass is 173 g/mol. The Balaban J connectivity index is 2.29. The molecule has 1 aliphatic rings. The third kappa shape index (κ3) is 2.77. The van der Waals surface area contributed by atoms with E-state index in [9.17, 15) is 15.2 Å². The molecule has 4 nitrogen and oxygen atoms in total. The number of hydrogen-bond acceptors (Lipinski definition) is 3. The van der Waals surface area contributed by atoms with E-state index in [1.165, 1.54) is 6.42 Å². The quantitative estimate of drug-likeness (QED) is 0.515. The molecule has 0 heterocycles. The highest BCUT2D eigenvalue weighted by Crippen LogP contribution is 2.26. The third-order valence-electron chi connectivity index (χ3n) is 2.53. The number of aliphatic hydroxyl groups excluding tert-OH is 1. The Bertz CT molecular complexity index is 154. The number of nitro groups is 1. The van der Waals surface area contributed by atoms with Crippen molar-refractivity contribution in [1.82, 2.24) is 0 Å². The molecule has 1 atom stereocenters. The molecule has 0 bridgehead atoms. The van der Waals surface area contributed by atoms with Gasteiger partial charge in [0.15, 0.2) is 0 Å². The van der Waals surface area contributed by atoms with Crippen LogP contribution in [0.25, 0.3) is 0 Å². The first-order valence-electron chi connectivity index (χ1n) is 4.50. The fourth-order valence-electron chi connectivity index (χ4n) is 1.82. The van der Waals surface area contributed by atoms with Crippen molar-refractivity contribution in [2.45, 2.75) is 38.2 Å². The topological polar surface area (TPSA) is 63.4 Å². The van der Waals surface area contributed by atoms with E-state index in [0.717, 1.165) is 25.7 Å². The average molecular weight is 173 g/mol. The van der Waals surface area contributed by atoms with Gasteiger partial charge in [-0.3, -0.25) is 10.1 Å². The zero-order chi connectivity index (χ0) is 8.97. The van der Waals surface area contributed by atoms with Crippen LogP contribution in [0.5, 0.6) is 0 Å². The Kier molecular flexibility index (Phi) is 3.47. The largest absolute Gasteiger partial charge is 0.386 e. The van der Waals surface area contributed by atoms with Gasteiger partial charge in [-0.15, -0.1) is 0 Å². The van der Waals surface area contributed by atoms with Crippen LogP contribution >= 0.6 is 0 Å². The number of nitrogens with zero attached hydrogens (tertiary/aromatic N) is 1. The zero-order valence-corrected chi connectivity index (χ0v) is 7.11. The van der Waals surface area contributed by atoms with E-state index in [1.54, 1.807) is 0 Å². The molecule has 1 rings (SSSR count). The third-order valence-corrected chi connectivity index (χ3v) is 2.53. The van der Waals surface area contributed by atoms with E-state index in [-0.39, 0.29) is 12.5 Å². The fraction of sp³-hybridized carbons (Fsp3) is 1.00. The molecule has 0 aliphatic heterocycles. The molecule has 70 valence electrons. The van der Waals surface area contributed by atoms with E-state index in [4.69, 9.17) is 0 Å². The molecule has 0 saturated heterocycles. The standard InChI is InChI=1S/C8H15NO3/c10-8(6-9(11)12)7-4-2-1-3-5-7/h7-8,10H,1-6H2/t8-/m1/s1. The SMILES string of the molecule is O=[N+]([O-])C[C@@H](O)C1CCCCC1. The van der Waals surface area contributed by atoms with Crippen molar-refractivity contribution in [1.29, 1.82) is 0 Å². The van der Waals surface area contributed by atoms with Gasteiger partial charge in [0.2, 0.25) is 6.54 Å². The van der Waals surface area contributed by atoms with Crippen molar-refractivity contribution in [3.8, 4) is 0 Å². The van der Waals surface area contributed by atoms with Crippen LogP contribution in [0.4, 0.5) is 0 Å². The fourth-order valence-corrected chi connectivity index (χ4v) is 1.82. The molecule has 12 heavy (non-hydrogen) atoms. The first-order chi connectivity index (χ1) is 5.70. The summed E-state index contributed by atoms with van der Waals surface area (Å²) in [6.45, 7) is -0.287. The van der Waals surface area contributed by atoms with Crippen molar-refractivity contribution < 1.29 is 10.0 Å². The van der Waals surface area contributed by atoms with E-state index in [1.807, 2.05) is 0 Å². The lowest BCUT2D eigenvalue weighted by Crippen LogP contribution is -2.29. The Morgan fingerprint density at radius 3 is 2.50 bits per heavy atom. The van der Waals surface area contributed by atoms with Gasteiger partial charge in [0.25, 0.3) is 0 Å². The molecular formula is C8H15NO3. The molecule has 1 aliphatic carbocycles. The van der Waals surface area contributed by atoms with Crippen molar-refractivity contribution in [2.24, 2.45) is 5.92 Å². The van der Waals surface area contributed by atoms with Crippen molar-refractivity contribution in [3.05, 3.63) is 10.1 Å². The van der Waals surface area contributed by atoms with Gasteiger partial charge in [0, 0.05) is 4.92 Å². The van der Waals surface area contributed by atoms with Crippen LogP contribution in [-0.2, 0) is 0 Å². The molecule has 0 amide bonds. The highest BCUT2D eigenvalue weighted by atomic mass is 16.6. The molecule has 0 aromatic rings. The lowest BCUT2D eigenvalue weighted by atomic mass is 9.85. The van der Waals surface area contributed by atoms with Crippen LogP contribution in [0.1, 0.15) is 32.1 Å². The minimum Gasteiger partial charge on any atom is -0.386 e. The first kappa shape index (κ1) is 9.45. The molecule has 1 saturated carbocycles. The zero-order valence-electron chi connectivity index (χ0n) is 7.11. The molecule has 4 heteroatoms. The number of aliphatic hydroxyl groups is 1. The Labute approximate surface area is 71.7 Å². The van der Waals surface area contributed by atoms with Crippen LogP contribution in [0, 0.1) is 16.0 Å². The van der Waals surface area contributed by atoms with Gasteiger partial charge in [-0.2, -0.15) is 0 Å². The van der Waals surface area contributed by atoms with Gasteiger partial charge in [0.05, 0.1) is 0 Å². The first-order valence-corrected chi connectivity index (χ1v) is 4.50. The molecule has 0 unspecified atom stereocenters. The minimum absolute atomic E-state index is 0.171. The molecule has 1 N–H and O–H groups in total. The summed E-state index contributed by atoms with van der Waals surface area (Å²) in [6.07, 6.45) is 4.62. The van der Waals surface area contributed by atoms with Crippen molar-refractivity contribution in [3.63, 3.8) is 0 Å². The Hall–Kier alpha value is -0.640. The van der Waals surface area contributed by atoms with E-state index < -0.39 is 11.0 Å². The molecule has 0 aromatic carbocycles. The maximum absolute atomic E-state index is 10.1. The van der Waals surface area contributed by atoms with Gasteiger partial charge in [-0.25, -0.2) is 0 Å². The van der Waals surface area contributed by atoms with Crippen LogP contribution in [-0.4, -0.2) is 22.7 Å². The summed E-state index contributed by atoms with van der Waals surface area (Å²) < 4.78 is 0. The minimum atomic E-state index is -0.722. The van der Waals surface area contributed by atoms with Crippen LogP contribution in [0.3, 0.4) is 0 Å². The second-order valence-corrected chi connectivity index (χ2v) is 3.48. The number of rotatable bonds is 3. The van der Waals surface area contributed by atoms with Crippen molar-refractivity contribution in [2.75, 3.05) is 6.54 Å². The summed E-state index contributed by atoms with van der Waals surface area (Å²) in [4.78, 5) is 9.67. The smallest absolute Gasteiger partial charge is 0.229 e. The molecule has 1 fully saturated rings. The second-order valence-electron chi connectivity index (χ2n) is 3.48. The van der Waals surface area contributed by atoms with Crippen molar-refractivity contribution >= 4 is 0 Å². The lowest BCUT2D eigenvalue weighted by Gasteiger charge is -2.23. The maximum Gasteiger partial charge on any atom is 0.229 e. The number of hydrogen-bond donors (Lipinski definition) is 1. The van der Waals surface area contributed by atoms with Crippen LogP contribution < -0.4 is 0 Å². The van der Waals surface area contributed by atoms with Crippen LogP contribution in [0.2, 0.25) is 0 Å². The molecular weight excluding hydrogens is 158 g/mol. The Morgan fingerprint density at radius 2 is 2.00 bits per heavy atom. The van der Waals surface area contributed by atoms with E-state index >= 15 is 0 Å².